The molecule has 0 saturated carbocycles. The summed E-state index contributed by atoms with van der Waals surface area (Å²) in [5.41, 5.74) is 1.95. The van der Waals surface area contributed by atoms with Crippen molar-refractivity contribution in [2.75, 3.05) is 4.72 Å². The first-order valence-corrected chi connectivity index (χ1v) is 10.9. The zero-order valence-electron chi connectivity index (χ0n) is 15.4. The third kappa shape index (κ3) is 5.40. The van der Waals surface area contributed by atoms with E-state index in [2.05, 4.69) is 20.7 Å². The normalized spacial score (nSPS) is 11.6. The lowest BCUT2D eigenvalue weighted by atomic mass is 10.1. The highest BCUT2D eigenvalue weighted by Gasteiger charge is 2.14. The van der Waals surface area contributed by atoms with Crippen LogP contribution in [0.3, 0.4) is 0 Å². The summed E-state index contributed by atoms with van der Waals surface area (Å²) in [6, 6.07) is 17.1. The maximum absolute atomic E-state index is 13.8. The van der Waals surface area contributed by atoms with Crippen molar-refractivity contribution in [2.45, 2.75) is 11.8 Å². The molecule has 1 N–H and O–H groups in total. The van der Waals surface area contributed by atoms with Crippen LogP contribution in [0.25, 0.3) is 6.08 Å². The number of carbonyl (C=O) groups excluding carboxylic acids is 1. The van der Waals surface area contributed by atoms with Gasteiger partial charge in [-0.3, -0.25) is 9.52 Å². The van der Waals surface area contributed by atoms with Gasteiger partial charge in [-0.2, -0.15) is 0 Å². The summed E-state index contributed by atoms with van der Waals surface area (Å²) in [7, 11) is -3.71. The van der Waals surface area contributed by atoms with Crippen LogP contribution >= 0.6 is 15.9 Å². The van der Waals surface area contributed by atoms with E-state index in [1.54, 1.807) is 24.3 Å². The number of carbonyl (C=O) groups is 1. The Morgan fingerprint density at radius 1 is 1.00 bits per heavy atom. The Bertz CT molecular complexity index is 1170. The molecule has 0 aliphatic rings. The summed E-state index contributed by atoms with van der Waals surface area (Å²) >= 11 is 3.18. The first-order valence-electron chi connectivity index (χ1n) is 8.62. The summed E-state index contributed by atoms with van der Waals surface area (Å²) in [5, 5.41) is 0. The molecule has 0 aromatic heterocycles. The van der Waals surface area contributed by atoms with Crippen LogP contribution in [0.5, 0.6) is 0 Å². The number of benzene rings is 3. The maximum atomic E-state index is 13.8. The van der Waals surface area contributed by atoms with Gasteiger partial charge in [-0.15, -0.1) is 0 Å². The molecule has 4 nitrogen and oxygen atoms in total. The summed E-state index contributed by atoms with van der Waals surface area (Å²) in [6.07, 6.45) is 2.68. The standard InChI is InChI=1S/C22H17BrFNO3S/c1-15-2-11-20(12-3-15)29(27,28)25-19-9-5-17(6-10-19)22(26)13-7-16-4-8-18(23)14-21(16)24/h2-14,25H,1H3. The van der Waals surface area contributed by atoms with Gasteiger partial charge in [0.2, 0.25) is 0 Å². The average Bonchev–Trinajstić information content (AvgIpc) is 2.68. The second-order valence-corrected chi connectivity index (χ2v) is 8.96. The van der Waals surface area contributed by atoms with E-state index in [0.717, 1.165) is 5.56 Å². The highest BCUT2D eigenvalue weighted by Crippen LogP contribution is 2.19. The summed E-state index contributed by atoms with van der Waals surface area (Å²) in [4.78, 5) is 12.4. The Morgan fingerprint density at radius 3 is 2.28 bits per heavy atom. The molecule has 0 bridgehead atoms. The number of hydrogen-bond donors (Lipinski definition) is 1. The van der Waals surface area contributed by atoms with E-state index in [1.165, 1.54) is 54.6 Å². The van der Waals surface area contributed by atoms with Gasteiger partial charge in [-0.25, -0.2) is 12.8 Å². The van der Waals surface area contributed by atoms with Crippen LogP contribution in [0.2, 0.25) is 0 Å². The van der Waals surface area contributed by atoms with E-state index in [4.69, 9.17) is 0 Å². The highest BCUT2D eigenvalue weighted by atomic mass is 79.9. The second-order valence-electron chi connectivity index (χ2n) is 6.36. The predicted octanol–water partition coefficient (Wildman–Crippen LogP) is 5.59. The zero-order chi connectivity index (χ0) is 21.0. The first kappa shape index (κ1) is 21.0. The molecule has 148 valence electrons. The van der Waals surface area contributed by atoms with Crippen LogP contribution in [0.1, 0.15) is 21.5 Å². The fourth-order valence-corrected chi connectivity index (χ4v) is 3.92. The molecule has 0 aliphatic heterocycles. The molecule has 29 heavy (non-hydrogen) atoms. The minimum atomic E-state index is -3.71. The summed E-state index contributed by atoms with van der Waals surface area (Å²) in [6.45, 7) is 1.87. The van der Waals surface area contributed by atoms with Crippen molar-refractivity contribution in [3.05, 3.63) is 99.8 Å². The summed E-state index contributed by atoms with van der Waals surface area (Å²) < 4.78 is 41.7. The smallest absolute Gasteiger partial charge is 0.261 e. The number of allylic oxidation sites excluding steroid dienone is 1. The molecule has 7 heteroatoms. The molecule has 0 spiro atoms. The van der Waals surface area contributed by atoms with Crippen LogP contribution in [0.15, 0.2) is 82.2 Å². The number of halogens is 2. The highest BCUT2D eigenvalue weighted by molar-refractivity contribution is 9.10. The third-order valence-electron chi connectivity index (χ3n) is 4.13. The number of nitrogens with one attached hydrogen (secondary N) is 1. The molecule has 0 unspecified atom stereocenters. The Kier molecular flexibility index (Phi) is 6.30. The van der Waals surface area contributed by atoms with Crippen LogP contribution in [0.4, 0.5) is 10.1 Å². The fourth-order valence-electron chi connectivity index (χ4n) is 2.53. The van der Waals surface area contributed by atoms with Crippen molar-refractivity contribution >= 4 is 43.5 Å². The lowest BCUT2D eigenvalue weighted by molar-refractivity contribution is 0.104. The third-order valence-corrected chi connectivity index (χ3v) is 6.02. The minimum Gasteiger partial charge on any atom is -0.289 e. The van der Waals surface area contributed by atoms with Crippen molar-refractivity contribution < 1.29 is 17.6 Å². The molecule has 0 saturated heterocycles. The van der Waals surface area contributed by atoms with Crippen molar-refractivity contribution in [2.24, 2.45) is 0 Å². The second kappa shape index (κ2) is 8.71. The van der Waals surface area contributed by atoms with Crippen LogP contribution < -0.4 is 4.72 Å². The van der Waals surface area contributed by atoms with E-state index in [0.29, 0.717) is 21.3 Å². The Hall–Kier alpha value is -2.77. The van der Waals surface area contributed by atoms with Gasteiger partial charge in [-0.05, 0) is 67.6 Å². The van der Waals surface area contributed by atoms with Crippen LogP contribution in [-0.2, 0) is 10.0 Å². The quantitative estimate of drug-likeness (QED) is 0.374. The topological polar surface area (TPSA) is 63.2 Å². The predicted molar refractivity (Wildman–Crippen MR) is 116 cm³/mol. The lowest BCUT2D eigenvalue weighted by Crippen LogP contribution is -2.13. The van der Waals surface area contributed by atoms with E-state index in [-0.39, 0.29) is 10.7 Å². The van der Waals surface area contributed by atoms with Gasteiger partial charge >= 0.3 is 0 Å². The molecular weight excluding hydrogens is 457 g/mol. The van der Waals surface area contributed by atoms with Crippen molar-refractivity contribution in [3.8, 4) is 0 Å². The number of ketones is 1. The zero-order valence-corrected chi connectivity index (χ0v) is 17.8. The molecule has 0 aliphatic carbocycles. The van der Waals surface area contributed by atoms with Gasteiger partial charge in [0, 0.05) is 21.3 Å². The number of anilines is 1. The van der Waals surface area contributed by atoms with Gasteiger partial charge in [0.25, 0.3) is 10.0 Å². The largest absolute Gasteiger partial charge is 0.289 e. The molecule has 3 aromatic carbocycles. The van der Waals surface area contributed by atoms with Gasteiger partial charge in [0.05, 0.1) is 4.90 Å². The number of hydrogen-bond acceptors (Lipinski definition) is 3. The molecule has 0 amide bonds. The Morgan fingerprint density at radius 2 is 1.66 bits per heavy atom. The molecule has 0 fully saturated rings. The maximum Gasteiger partial charge on any atom is 0.261 e. The van der Waals surface area contributed by atoms with E-state index in [1.807, 2.05) is 6.92 Å². The number of sulfonamides is 1. The monoisotopic (exact) mass is 473 g/mol. The SMILES string of the molecule is Cc1ccc(S(=O)(=O)Nc2ccc(C(=O)C=Cc3ccc(Br)cc3F)cc2)cc1. The Balaban J connectivity index is 1.71. The molecule has 0 radical (unpaired) electrons. The van der Waals surface area contributed by atoms with E-state index >= 15 is 0 Å². The van der Waals surface area contributed by atoms with Gasteiger partial charge in [-0.1, -0.05) is 39.7 Å². The molecule has 0 heterocycles. The van der Waals surface area contributed by atoms with E-state index in [9.17, 15) is 17.6 Å². The molecule has 3 aromatic rings. The van der Waals surface area contributed by atoms with Gasteiger partial charge < -0.3 is 0 Å². The Labute approximate surface area is 177 Å². The summed E-state index contributed by atoms with van der Waals surface area (Å²) in [5.74, 6) is -0.760. The van der Waals surface area contributed by atoms with E-state index < -0.39 is 15.8 Å². The van der Waals surface area contributed by atoms with Gasteiger partial charge in [0.1, 0.15) is 5.82 Å². The fraction of sp³-hybridized carbons (Fsp3) is 0.0455. The number of aryl methyl sites for hydroxylation is 1. The average molecular weight is 474 g/mol. The minimum absolute atomic E-state index is 0.155. The van der Waals surface area contributed by atoms with Crippen molar-refractivity contribution in [1.29, 1.82) is 0 Å². The molecule has 0 atom stereocenters. The number of rotatable bonds is 6. The molecule has 3 rings (SSSR count). The van der Waals surface area contributed by atoms with Crippen LogP contribution in [-0.4, -0.2) is 14.2 Å². The van der Waals surface area contributed by atoms with Crippen LogP contribution in [0, 0.1) is 12.7 Å². The first-order chi connectivity index (χ1) is 13.7. The van der Waals surface area contributed by atoms with Crippen molar-refractivity contribution in [3.63, 3.8) is 0 Å². The lowest BCUT2D eigenvalue weighted by Gasteiger charge is -2.08. The van der Waals surface area contributed by atoms with Crippen molar-refractivity contribution in [1.82, 2.24) is 0 Å². The molecular formula is C22H17BrFNO3S. The van der Waals surface area contributed by atoms with Gasteiger partial charge in [0.15, 0.2) is 5.78 Å².